The number of halogens is 2. The maximum atomic E-state index is 13.4. The number of anilines is 1. The van der Waals surface area contributed by atoms with E-state index in [1.165, 1.54) is 9.21 Å². The molecule has 0 aliphatic rings. The molecule has 0 radical (unpaired) electrons. The summed E-state index contributed by atoms with van der Waals surface area (Å²) in [5.41, 5.74) is 1.21. The van der Waals surface area contributed by atoms with Gasteiger partial charge in [0.1, 0.15) is 6.04 Å². The van der Waals surface area contributed by atoms with E-state index in [9.17, 15) is 18.0 Å². The number of amides is 2. The maximum Gasteiger partial charge on any atom is 0.243 e. The van der Waals surface area contributed by atoms with E-state index in [0.29, 0.717) is 27.7 Å². The zero-order valence-electron chi connectivity index (χ0n) is 20.5. The van der Waals surface area contributed by atoms with Crippen molar-refractivity contribution >= 4 is 50.7 Å². The van der Waals surface area contributed by atoms with E-state index in [1.54, 1.807) is 48.5 Å². The van der Waals surface area contributed by atoms with E-state index in [0.717, 1.165) is 6.26 Å². The molecule has 0 saturated carbocycles. The smallest absolute Gasteiger partial charge is 0.243 e. The number of rotatable bonds is 12. The summed E-state index contributed by atoms with van der Waals surface area (Å²) in [6.45, 7) is 5.83. The Morgan fingerprint density at radius 1 is 1.06 bits per heavy atom. The third kappa shape index (κ3) is 8.70. The van der Waals surface area contributed by atoms with Crippen molar-refractivity contribution in [1.82, 2.24) is 10.2 Å². The molecule has 2 aromatic carbocycles. The first kappa shape index (κ1) is 28.9. The second kappa shape index (κ2) is 13.1. The number of hydrogen-bond acceptors (Lipinski definition) is 4. The molecule has 0 unspecified atom stereocenters. The Hall–Kier alpha value is -2.29. The maximum absolute atomic E-state index is 13.4. The van der Waals surface area contributed by atoms with E-state index < -0.39 is 16.1 Å². The Kier molecular flexibility index (Phi) is 10.9. The highest BCUT2D eigenvalue weighted by Crippen LogP contribution is 2.24. The van der Waals surface area contributed by atoms with Gasteiger partial charge >= 0.3 is 0 Å². The van der Waals surface area contributed by atoms with Crippen LogP contribution in [0.4, 0.5) is 5.69 Å². The van der Waals surface area contributed by atoms with E-state index in [1.807, 2.05) is 20.8 Å². The number of hydrogen-bond donors (Lipinski definition) is 1. The number of para-hydroxylation sites is 1. The van der Waals surface area contributed by atoms with Gasteiger partial charge in [-0.25, -0.2) is 8.42 Å². The first-order valence-electron chi connectivity index (χ1n) is 11.5. The molecule has 10 heteroatoms. The number of nitrogens with zero attached hydrogens (tertiary/aromatic N) is 2. The van der Waals surface area contributed by atoms with Gasteiger partial charge in [0.2, 0.25) is 21.8 Å². The molecule has 7 nitrogen and oxygen atoms in total. The van der Waals surface area contributed by atoms with Crippen molar-refractivity contribution in [2.45, 2.75) is 58.7 Å². The number of benzene rings is 2. The first-order chi connectivity index (χ1) is 16.4. The standard InChI is InChI=1S/C25H33Cl2N3O4S/c1-5-23(25(32)28-18(2)3)29(17-19-13-14-20(26)16-22(19)27)24(31)12-9-15-30(35(4,33)34)21-10-7-6-8-11-21/h6-8,10-11,13-14,16,18,23H,5,9,12,15,17H2,1-4H3,(H,28,32)/t23-/m0/s1. The predicted octanol–water partition coefficient (Wildman–Crippen LogP) is 4.87. The van der Waals surface area contributed by atoms with Crippen LogP contribution in [-0.2, 0) is 26.2 Å². The zero-order chi connectivity index (χ0) is 26.2. The number of sulfonamides is 1. The Morgan fingerprint density at radius 2 is 1.71 bits per heavy atom. The third-order valence-corrected chi connectivity index (χ3v) is 7.15. The van der Waals surface area contributed by atoms with Crippen LogP contribution in [-0.4, -0.2) is 50.0 Å². The molecule has 192 valence electrons. The summed E-state index contributed by atoms with van der Waals surface area (Å²) in [4.78, 5) is 27.8. The van der Waals surface area contributed by atoms with E-state index in [4.69, 9.17) is 23.2 Å². The van der Waals surface area contributed by atoms with Crippen LogP contribution in [0.5, 0.6) is 0 Å². The zero-order valence-corrected chi connectivity index (χ0v) is 22.8. The van der Waals surface area contributed by atoms with E-state index >= 15 is 0 Å². The Bertz CT molecular complexity index is 1110. The summed E-state index contributed by atoms with van der Waals surface area (Å²) in [6.07, 6.45) is 1.90. The topological polar surface area (TPSA) is 86.8 Å². The molecule has 0 aliphatic heterocycles. The molecule has 0 aliphatic carbocycles. The Morgan fingerprint density at radius 3 is 2.26 bits per heavy atom. The van der Waals surface area contributed by atoms with Gasteiger partial charge in [0.05, 0.1) is 11.9 Å². The highest BCUT2D eigenvalue weighted by Gasteiger charge is 2.29. The molecule has 0 bridgehead atoms. The lowest BCUT2D eigenvalue weighted by Crippen LogP contribution is -2.50. The largest absolute Gasteiger partial charge is 0.352 e. The molecule has 1 atom stereocenters. The van der Waals surface area contributed by atoms with Gasteiger partial charge in [-0.05, 0) is 56.5 Å². The lowest BCUT2D eigenvalue weighted by molar-refractivity contribution is -0.141. The van der Waals surface area contributed by atoms with Crippen LogP contribution in [0.1, 0.15) is 45.6 Å². The van der Waals surface area contributed by atoms with Crippen molar-refractivity contribution in [3.63, 3.8) is 0 Å². The first-order valence-corrected chi connectivity index (χ1v) is 14.1. The average molecular weight is 543 g/mol. The summed E-state index contributed by atoms with van der Waals surface area (Å²) >= 11 is 12.4. The molecule has 0 spiro atoms. The number of carbonyl (C=O) groups is 2. The van der Waals surface area contributed by atoms with Gasteiger partial charge in [-0.2, -0.15) is 0 Å². The van der Waals surface area contributed by atoms with Crippen LogP contribution in [0.15, 0.2) is 48.5 Å². The van der Waals surface area contributed by atoms with Crippen molar-refractivity contribution in [2.24, 2.45) is 0 Å². The lowest BCUT2D eigenvalue weighted by atomic mass is 10.1. The van der Waals surface area contributed by atoms with Crippen molar-refractivity contribution < 1.29 is 18.0 Å². The number of nitrogens with one attached hydrogen (secondary N) is 1. The van der Waals surface area contributed by atoms with Gasteiger partial charge in [-0.1, -0.05) is 54.4 Å². The fourth-order valence-electron chi connectivity index (χ4n) is 3.73. The molecule has 2 rings (SSSR count). The quantitative estimate of drug-likeness (QED) is 0.415. The minimum Gasteiger partial charge on any atom is -0.352 e. The second-order valence-electron chi connectivity index (χ2n) is 8.62. The van der Waals surface area contributed by atoms with Crippen LogP contribution in [0.2, 0.25) is 10.0 Å². The summed E-state index contributed by atoms with van der Waals surface area (Å²) in [5.74, 6) is -0.508. The minimum absolute atomic E-state index is 0.0650. The molecule has 0 saturated heterocycles. The van der Waals surface area contributed by atoms with Crippen LogP contribution in [0, 0.1) is 0 Å². The van der Waals surface area contributed by atoms with Crippen molar-refractivity contribution in [3.05, 3.63) is 64.1 Å². The second-order valence-corrected chi connectivity index (χ2v) is 11.4. The highest BCUT2D eigenvalue weighted by molar-refractivity contribution is 7.92. The monoisotopic (exact) mass is 541 g/mol. The third-order valence-electron chi connectivity index (χ3n) is 5.37. The molecule has 0 heterocycles. The van der Waals surface area contributed by atoms with Gasteiger partial charge in [0, 0.05) is 35.6 Å². The fourth-order valence-corrected chi connectivity index (χ4v) is 5.17. The van der Waals surface area contributed by atoms with Gasteiger partial charge in [-0.15, -0.1) is 0 Å². The van der Waals surface area contributed by atoms with Crippen LogP contribution in [0.25, 0.3) is 0 Å². The van der Waals surface area contributed by atoms with E-state index in [-0.39, 0.29) is 43.8 Å². The van der Waals surface area contributed by atoms with E-state index in [2.05, 4.69) is 5.32 Å². The molecule has 35 heavy (non-hydrogen) atoms. The van der Waals surface area contributed by atoms with Gasteiger partial charge in [-0.3, -0.25) is 13.9 Å². The van der Waals surface area contributed by atoms with Crippen LogP contribution in [0.3, 0.4) is 0 Å². The van der Waals surface area contributed by atoms with Crippen molar-refractivity contribution in [3.8, 4) is 0 Å². The molecule has 0 fully saturated rings. The summed E-state index contributed by atoms with van der Waals surface area (Å²) in [6, 6.07) is 13.0. The van der Waals surface area contributed by atoms with Crippen LogP contribution < -0.4 is 9.62 Å². The highest BCUT2D eigenvalue weighted by atomic mass is 35.5. The molecule has 2 amide bonds. The Balaban J connectivity index is 2.24. The summed E-state index contributed by atoms with van der Waals surface area (Å²) in [7, 11) is -3.53. The molecule has 2 aromatic rings. The number of carbonyl (C=O) groups excluding carboxylic acids is 2. The molecular weight excluding hydrogens is 509 g/mol. The fraction of sp³-hybridized carbons (Fsp3) is 0.440. The van der Waals surface area contributed by atoms with Crippen LogP contribution >= 0.6 is 23.2 Å². The summed E-state index contributed by atoms with van der Waals surface area (Å²) < 4.78 is 26.0. The lowest BCUT2D eigenvalue weighted by Gasteiger charge is -2.32. The van der Waals surface area contributed by atoms with Crippen molar-refractivity contribution in [2.75, 3.05) is 17.1 Å². The van der Waals surface area contributed by atoms with Gasteiger partial charge in [0.15, 0.2) is 0 Å². The SMILES string of the molecule is CC[C@@H](C(=O)NC(C)C)N(Cc1ccc(Cl)cc1Cl)C(=O)CCCN(c1ccccc1)S(C)(=O)=O. The average Bonchev–Trinajstić information content (AvgIpc) is 2.77. The predicted molar refractivity (Wildman–Crippen MR) is 142 cm³/mol. The summed E-state index contributed by atoms with van der Waals surface area (Å²) in [5, 5.41) is 3.76. The normalized spacial score (nSPS) is 12.3. The minimum atomic E-state index is -3.53. The van der Waals surface area contributed by atoms with Gasteiger partial charge in [0.25, 0.3) is 0 Å². The molecule has 0 aromatic heterocycles. The van der Waals surface area contributed by atoms with Crippen molar-refractivity contribution in [1.29, 1.82) is 0 Å². The van der Waals surface area contributed by atoms with Gasteiger partial charge < -0.3 is 10.2 Å². The molecule has 1 N–H and O–H groups in total. The molecular formula is C25H33Cl2N3O4S. The Labute approximate surface area is 218 Å².